The molecule has 20 heavy (non-hydrogen) atoms. The Kier molecular flexibility index (Phi) is 4.58. The number of hydrogen-bond donors (Lipinski definition) is 0. The SMILES string of the molecule is CC(C)N1CC[C@H](N2CCN([C@H]3CCSC3)CC2)C1=O. The van der Waals surface area contributed by atoms with Gasteiger partial charge in [0.05, 0.1) is 6.04 Å². The van der Waals surface area contributed by atoms with Crippen molar-refractivity contribution in [2.24, 2.45) is 0 Å². The quantitative estimate of drug-likeness (QED) is 0.780. The Morgan fingerprint density at radius 1 is 1.05 bits per heavy atom. The fourth-order valence-electron chi connectivity index (χ4n) is 3.76. The largest absolute Gasteiger partial charge is 0.339 e. The highest BCUT2D eigenvalue weighted by molar-refractivity contribution is 7.99. The van der Waals surface area contributed by atoms with E-state index in [0.29, 0.717) is 11.9 Å². The molecule has 0 aromatic heterocycles. The fourth-order valence-corrected chi connectivity index (χ4v) is 5.02. The summed E-state index contributed by atoms with van der Waals surface area (Å²) in [7, 11) is 0. The lowest BCUT2D eigenvalue weighted by molar-refractivity contribution is -0.134. The van der Waals surface area contributed by atoms with Gasteiger partial charge in [0, 0.05) is 50.6 Å². The molecule has 5 heteroatoms. The Balaban J connectivity index is 1.52. The lowest BCUT2D eigenvalue weighted by atomic mass is 10.1. The first-order valence-corrected chi connectivity index (χ1v) is 9.18. The minimum absolute atomic E-state index is 0.164. The number of rotatable bonds is 3. The normalized spacial score (nSPS) is 33.5. The Labute approximate surface area is 126 Å². The molecular formula is C15H27N3OS. The van der Waals surface area contributed by atoms with Crippen LogP contribution in [0.15, 0.2) is 0 Å². The summed E-state index contributed by atoms with van der Waals surface area (Å²) in [4.78, 5) is 19.6. The zero-order valence-electron chi connectivity index (χ0n) is 12.8. The third kappa shape index (κ3) is 2.85. The van der Waals surface area contributed by atoms with E-state index in [0.717, 1.165) is 45.2 Å². The first kappa shape index (κ1) is 14.7. The van der Waals surface area contributed by atoms with Crippen LogP contribution in [-0.4, -0.2) is 83.0 Å². The van der Waals surface area contributed by atoms with Crippen molar-refractivity contribution in [2.45, 2.75) is 44.8 Å². The van der Waals surface area contributed by atoms with Crippen molar-refractivity contribution in [3.05, 3.63) is 0 Å². The molecule has 3 heterocycles. The minimum Gasteiger partial charge on any atom is -0.339 e. The molecule has 3 saturated heterocycles. The van der Waals surface area contributed by atoms with Gasteiger partial charge in [-0.3, -0.25) is 14.6 Å². The predicted octanol–water partition coefficient (Wildman–Crippen LogP) is 1.12. The van der Waals surface area contributed by atoms with Gasteiger partial charge in [-0.05, 0) is 32.4 Å². The zero-order chi connectivity index (χ0) is 14.1. The van der Waals surface area contributed by atoms with Crippen LogP contribution in [0.2, 0.25) is 0 Å². The summed E-state index contributed by atoms with van der Waals surface area (Å²) in [6, 6.07) is 1.32. The summed E-state index contributed by atoms with van der Waals surface area (Å²) < 4.78 is 0. The summed E-state index contributed by atoms with van der Waals surface area (Å²) in [5, 5.41) is 0. The van der Waals surface area contributed by atoms with Crippen LogP contribution in [0.1, 0.15) is 26.7 Å². The monoisotopic (exact) mass is 297 g/mol. The Morgan fingerprint density at radius 2 is 1.75 bits per heavy atom. The third-order valence-corrected chi connectivity index (χ3v) is 6.19. The van der Waals surface area contributed by atoms with E-state index < -0.39 is 0 Å². The van der Waals surface area contributed by atoms with Crippen LogP contribution in [0.25, 0.3) is 0 Å². The number of nitrogens with zero attached hydrogens (tertiary/aromatic N) is 3. The fraction of sp³-hybridized carbons (Fsp3) is 0.933. The number of thioether (sulfide) groups is 1. The molecule has 0 spiro atoms. The second kappa shape index (κ2) is 6.24. The molecule has 0 radical (unpaired) electrons. The summed E-state index contributed by atoms with van der Waals surface area (Å²) in [6.07, 6.45) is 2.38. The first-order valence-electron chi connectivity index (χ1n) is 8.03. The number of hydrogen-bond acceptors (Lipinski definition) is 4. The second-order valence-electron chi connectivity index (χ2n) is 6.52. The van der Waals surface area contributed by atoms with Crippen molar-refractivity contribution in [3.8, 4) is 0 Å². The number of amides is 1. The molecule has 0 bridgehead atoms. The van der Waals surface area contributed by atoms with Gasteiger partial charge >= 0.3 is 0 Å². The Hall–Kier alpha value is -0.260. The Morgan fingerprint density at radius 3 is 2.30 bits per heavy atom. The van der Waals surface area contributed by atoms with E-state index in [2.05, 4.69) is 35.4 Å². The van der Waals surface area contributed by atoms with Crippen LogP contribution in [0, 0.1) is 0 Å². The third-order valence-electron chi connectivity index (χ3n) is 5.05. The van der Waals surface area contributed by atoms with Crippen molar-refractivity contribution in [1.29, 1.82) is 0 Å². The minimum atomic E-state index is 0.164. The van der Waals surface area contributed by atoms with Crippen LogP contribution in [0.5, 0.6) is 0 Å². The smallest absolute Gasteiger partial charge is 0.240 e. The van der Waals surface area contributed by atoms with Crippen molar-refractivity contribution in [3.63, 3.8) is 0 Å². The number of piperazine rings is 1. The predicted molar refractivity (Wildman–Crippen MR) is 84.1 cm³/mol. The first-order chi connectivity index (χ1) is 9.66. The van der Waals surface area contributed by atoms with Gasteiger partial charge in [0.2, 0.25) is 5.91 Å². The van der Waals surface area contributed by atoms with Crippen LogP contribution in [0.4, 0.5) is 0 Å². The number of carbonyl (C=O) groups excluding carboxylic acids is 1. The number of likely N-dealkylation sites (tertiary alicyclic amines) is 1. The van der Waals surface area contributed by atoms with Gasteiger partial charge < -0.3 is 4.90 Å². The maximum Gasteiger partial charge on any atom is 0.240 e. The van der Waals surface area contributed by atoms with E-state index in [-0.39, 0.29) is 6.04 Å². The highest BCUT2D eigenvalue weighted by atomic mass is 32.2. The molecular weight excluding hydrogens is 270 g/mol. The van der Waals surface area contributed by atoms with Gasteiger partial charge in [0.25, 0.3) is 0 Å². The Bertz CT molecular complexity index is 349. The summed E-state index contributed by atoms with van der Waals surface area (Å²) in [6.45, 7) is 9.63. The van der Waals surface area contributed by atoms with Gasteiger partial charge in [-0.25, -0.2) is 0 Å². The van der Waals surface area contributed by atoms with E-state index in [4.69, 9.17) is 0 Å². The maximum atomic E-state index is 12.5. The van der Waals surface area contributed by atoms with Crippen molar-refractivity contribution < 1.29 is 4.79 Å². The van der Waals surface area contributed by atoms with Crippen molar-refractivity contribution >= 4 is 17.7 Å². The van der Waals surface area contributed by atoms with E-state index in [1.54, 1.807) is 0 Å². The number of carbonyl (C=O) groups is 1. The standard InChI is InChI=1S/C15H27N3OS/c1-12(2)18-5-3-14(15(18)19)17-8-6-16(7-9-17)13-4-10-20-11-13/h12-14H,3-11H2,1-2H3/t13-,14-/m0/s1. The van der Waals surface area contributed by atoms with E-state index in [1.165, 1.54) is 17.9 Å². The summed E-state index contributed by atoms with van der Waals surface area (Å²) >= 11 is 2.09. The van der Waals surface area contributed by atoms with Crippen LogP contribution in [-0.2, 0) is 4.79 Å². The average molecular weight is 297 g/mol. The second-order valence-corrected chi connectivity index (χ2v) is 7.67. The molecule has 3 aliphatic rings. The molecule has 0 aromatic carbocycles. The van der Waals surface area contributed by atoms with Gasteiger partial charge in [0.15, 0.2) is 0 Å². The van der Waals surface area contributed by atoms with E-state index in [9.17, 15) is 4.79 Å². The van der Waals surface area contributed by atoms with Crippen LogP contribution < -0.4 is 0 Å². The molecule has 2 atom stereocenters. The van der Waals surface area contributed by atoms with Crippen LogP contribution in [0.3, 0.4) is 0 Å². The van der Waals surface area contributed by atoms with Crippen molar-refractivity contribution in [2.75, 3.05) is 44.2 Å². The molecule has 1 amide bonds. The van der Waals surface area contributed by atoms with Gasteiger partial charge in [-0.15, -0.1) is 0 Å². The molecule has 3 rings (SSSR count). The molecule has 0 unspecified atom stereocenters. The van der Waals surface area contributed by atoms with E-state index in [1.807, 2.05) is 4.90 Å². The molecule has 0 saturated carbocycles. The molecule has 3 aliphatic heterocycles. The lowest BCUT2D eigenvalue weighted by Crippen LogP contribution is -2.55. The van der Waals surface area contributed by atoms with Gasteiger partial charge in [0.1, 0.15) is 0 Å². The van der Waals surface area contributed by atoms with Gasteiger partial charge in [-0.2, -0.15) is 11.8 Å². The maximum absolute atomic E-state index is 12.5. The zero-order valence-corrected chi connectivity index (χ0v) is 13.6. The van der Waals surface area contributed by atoms with Crippen LogP contribution >= 0.6 is 11.8 Å². The molecule has 0 aromatic rings. The van der Waals surface area contributed by atoms with E-state index >= 15 is 0 Å². The van der Waals surface area contributed by atoms with Gasteiger partial charge in [-0.1, -0.05) is 0 Å². The molecule has 0 aliphatic carbocycles. The molecule has 3 fully saturated rings. The topological polar surface area (TPSA) is 26.8 Å². The lowest BCUT2D eigenvalue weighted by Gasteiger charge is -2.39. The molecule has 114 valence electrons. The molecule has 4 nitrogen and oxygen atoms in total. The summed E-state index contributed by atoms with van der Waals surface area (Å²) in [5.74, 6) is 3.00. The van der Waals surface area contributed by atoms with Crippen molar-refractivity contribution in [1.82, 2.24) is 14.7 Å². The molecule has 0 N–H and O–H groups in total. The highest BCUT2D eigenvalue weighted by Gasteiger charge is 2.38. The summed E-state index contributed by atoms with van der Waals surface area (Å²) in [5.41, 5.74) is 0. The average Bonchev–Trinajstić information content (AvgIpc) is 3.08. The highest BCUT2D eigenvalue weighted by Crippen LogP contribution is 2.25.